The van der Waals surface area contributed by atoms with Gasteiger partial charge in [-0.15, -0.1) is 0 Å². The van der Waals surface area contributed by atoms with E-state index in [1.807, 2.05) is 10.7 Å². The van der Waals surface area contributed by atoms with Crippen molar-refractivity contribution in [2.24, 2.45) is 0 Å². The minimum atomic E-state index is 0.536. The Hall–Kier alpha value is -1.26. The lowest BCUT2D eigenvalue weighted by Gasteiger charge is -2.12. The maximum absolute atomic E-state index is 6.28. The van der Waals surface area contributed by atoms with E-state index in [4.69, 9.17) is 23.2 Å². The molecule has 6 heteroatoms. The molecular weight excluding hydrogens is 295 g/mol. The second-order valence-electron chi connectivity index (χ2n) is 4.52. The Bertz CT molecular complexity index is 581. The van der Waals surface area contributed by atoms with Crippen molar-refractivity contribution in [3.05, 3.63) is 28.4 Å². The molecule has 108 valence electrons. The smallest absolute Gasteiger partial charge is 0.145 e. The van der Waals surface area contributed by atoms with E-state index >= 15 is 0 Å². The molecule has 0 spiro atoms. The van der Waals surface area contributed by atoms with Crippen LogP contribution in [0.3, 0.4) is 0 Å². The summed E-state index contributed by atoms with van der Waals surface area (Å²) in [4.78, 5) is 4.56. The van der Waals surface area contributed by atoms with Gasteiger partial charge in [-0.2, -0.15) is 5.10 Å². The molecule has 2 aromatic heterocycles. The van der Waals surface area contributed by atoms with Gasteiger partial charge in [-0.25, -0.2) is 4.98 Å². The highest BCUT2D eigenvalue weighted by Crippen LogP contribution is 2.32. The van der Waals surface area contributed by atoms with Crippen molar-refractivity contribution >= 4 is 29.0 Å². The predicted octanol–water partition coefficient (Wildman–Crippen LogP) is 4.48. The van der Waals surface area contributed by atoms with Gasteiger partial charge in [0.15, 0.2) is 0 Å². The van der Waals surface area contributed by atoms with Gasteiger partial charge in [0.25, 0.3) is 0 Å². The molecule has 20 heavy (non-hydrogen) atoms. The molecule has 2 heterocycles. The second kappa shape index (κ2) is 6.95. The lowest BCUT2D eigenvalue weighted by atomic mass is 10.2. The Morgan fingerprint density at radius 1 is 1.20 bits per heavy atom. The standard InChI is InChI=1S/C14H18Cl2N4/c1-3-6-17-14-11(16)9-10(15)13(19-14)12-5-7-18-20(12)8-4-2/h5,7,9H,3-4,6,8H2,1-2H3,(H,17,19). The Kier molecular flexibility index (Phi) is 5.26. The van der Waals surface area contributed by atoms with E-state index in [2.05, 4.69) is 29.2 Å². The number of nitrogens with zero attached hydrogens (tertiary/aromatic N) is 3. The Morgan fingerprint density at radius 3 is 2.70 bits per heavy atom. The molecular formula is C14H18Cl2N4. The Labute approximate surface area is 129 Å². The highest BCUT2D eigenvalue weighted by atomic mass is 35.5. The molecule has 0 bridgehead atoms. The van der Waals surface area contributed by atoms with Crippen LogP contribution in [0, 0.1) is 0 Å². The van der Waals surface area contributed by atoms with E-state index in [0.29, 0.717) is 21.6 Å². The zero-order valence-corrected chi connectivity index (χ0v) is 13.2. The van der Waals surface area contributed by atoms with Gasteiger partial charge in [-0.1, -0.05) is 37.0 Å². The largest absolute Gasteiger partial charge is 0.369 e. The van der Waals surface area contributed by atoms with Crippen LogP contribution >= 0.6 is 23.2 Å². The summed E-state index contributed by atoms with van der Waals surface area (Å²) >= 11 is 12.5. The van der Waals surface area contributed by atoms with E-state index in [9.17, 15) is 0 Å². The van der Waals surface area contributed by atoms with E-state index in [-0.39, 0.29) is 0 Å². The summed E-state index contributed by atoms with van der Waals surface area (Å²) in [6.45, 7) is 5.85. The first-order valence-electron chi connectivity index (χ1n) is 6.79. The number of hydrogen-bond donors (Lipinski definition) is 1. The van der Waals surface area contributed by atoms with Crippen LogP contribution in [0.2, 0.25) is 10.0 Å². The van der Waals surface area contributed by atoms with E-state index in [1.54, 1.807) is 12.3 Å². The van der Waals surface area contributed by atoms with Gasteiger partial charge in [0, 0.05) is 19.3 Å². The average Bonchev–Trinajstić information content (AvgIpc) is 2.86. The first kappa shape index (κ1) is 15.1. The van der Waals surface area contributed by atoms with Crippen LogP contribution < -0.4 is 5.32 Å². The van der Waals surface area contributed by atoms with Gasteiger partial charge in [0.05, 0.1) is 15.7 Å². The van der Waals surface area contributed by atoms with E-state index in [0.717, 1.165) is 31.6 Å². The SMILES string of the molecule is CCCNc1nc(-c2ccnn2CCC)c(Cl)cc1Cl. The van der Waals surface area contributed by atoms with Crippen LogP contribution in [-0.2, 0) is 6.54 Å². The van der Waals surface area contributed by atoms with Gasteiger partial charge < -0.3 is 5.32 Å². The Morgan fingerprint density at radius 2 is 2.00 bits per heavy atom. The number of rotatable bonds is 6. The molecule has 1 N–H and O–H groups in total. The lowest BCUT2D eigenvalue weighted by Crippen LogP contribution is -2.06. The maximum Gasteiger partial charge on any atom is 0.145 e. The summed E-state index contributed by atoms with van der Waals surface area (Å²) in [6.07, 6.45) is 3.77. The monoisotopic (exact) mass is 312 g/mol. The fourth-order valence-corrected chi connectivity index (χ4v) is 2.46. The van der Waals surface area contributed by atoms with Gasteiger partial charge in [-0.05, 0) is 25.0 Å². The molecule has 0 radical (unpaired) electrons. The summed E-state index contributed by atoms with van der Waals surface area (Å²) in [5, 5.41) is 8.59. The van der Waals surface area contributed by atoms with Crippen LogP contribution in [0.25, 0.3) is 11.4 Å². The predicted molar refractivity (Wildman–Crippen MR) is 84.5 cm³/mol. The molecule has 0 unspecified atom stereocenters. The summed E-state index contributed by atoms with van der Waals surface area (Å²) in [5.74, 6) is 0.664. The van der Waals surface area contributed by atoms with Gasteiger partial charge in [0.1, 0.15) is 11.5 Å². The molecule has 2 rings (SSSR count). The van der Waals surface area contributed by atoms with Crippen LogP contribution in [0.4, 0.5) is 5.82 Å². The second-order valence-corrected chi connectivity index (χ2v) is 5.33. The van der Waals surface area contributed by atoms with Crippen LogP contribution in [0.5, 0.6) is 0 Å². The summed E-state index contributed by atoms with van der Waals surface area (Å²) in [6, 6.07) is 3.65. The lowest BCUT2D eigenvalue weighted by molar-refractivity contribution is 0.608. The van der Waals surface area contributed by atoms with Gasteiger partial charge in [0.2, 0.25) is 0 Å². The molecule has 2 aromatic rings. The molecule has 0 atom stereocenters. The van der Waals surface area contributed by atoms with Crippen LogP contribution in [0.1, 0.15) is 26.7 Å². The zero-order chi connectivity index (χ0) is 14.5. The normalized spacial score (nSPS) is 10.8. The molecule has 0 aliphatic rings. The van der Waals surface area contributed by atoms with Gasteiger partial charge in [-0.3, -0.25) is 4.68 Å². The summed E-state index contributed by atoms with van der Waals surface area (Å²) in [5.41, 5.74) is 1.62. The minimum Gasteiger partial charge on any atom is -0.369 e. The van der Waals surface area contributed by atoms with Crippen molar-refractivity contribution in [1.29, 1.82) is 0 Å². The summed E-state index contributed by atoms with van der Waals surface area (Å²) in [7, 11) is 0. The highest BCUT2D eigenvalue weighted by Gasteiger charge is 2.14. The molecule has 0 fully saturated rings. The van der Waals surface area contributed by atoms with Crippen molar-refractivity contribution in [3.8, 4) is 11.4 Å². The number of anilines is 1. The maximum atomic E-state index is 6.28. The molecule has 0 amide bonds. The first-order chi connectivity index (χ1) is 9.67. The molecule has 0 aliphatic carbocycles. The number of halogens is 2. The number of nitrogens with one attached hydrogen (secondary N) is 1. The number of pyridine rings is 1. The number of aromatic nitrogens is 3. The first-order valence-corrected chi connectivity index (χ1v) is 7.55. The van der Waals surface area contributed by atoms with Gasteiger partial charge >= 0.3 is 0 Å². The molecule has 0 aromatic carbocycles. The average molecular weight is 313 g/mol. The third-order valence-electron chi connectivity index (χ3n) is 2.87. The molecule has 0 saturated carbocycles. The van der Waals surface area contributed by atoms with E-state index in [1.165, 1.54) is 0 Å². The number of aryl methyl sites for hydroxylation is 1. The quantitative estimate of drug-likeness (QED) is 0.855. The van der Waals surface area contributed by atoms with Crippen molar-refractivity contribution in [3.63, 3.8) is 0 Å². The van der Waals surface area contributed by atoms with Crippen molar-refractivity contribution < 1.29 is 0 Å². The third-order valence-corrected chi connectivity index (χ3v) is 3.44. The van der Waals surface area contributed by atoms with Crippen molar-refractivity contribution in [1.82, 2.24) is 14.8 Å². The molecule has 0 saturated heterocycles. The molecule has 0 aliphatic heterocycles. The van der Waals surface area contributed by atoms with Crippen LogP contribution in [0.15, 0.2) is 18.3 Å². The highest BCUT2D eigenvalue weighted by molar-refractivity contribution is 6.37. The third kappa shape index (κ3) is 3.25. The van der Waals surface area contributed by atoms with Crippen LogP contribution in [-0.4, -0.2) is 21.3 Å². The fraction of sp³-hybridized carbons (Fsp3) is 0.429. The topological polar surface area (TPSA) is 42.7 Å². The molecule has 4 nitrogen and oxygen atoms in total. The Balaban J connectivity index is 2.42. The zero-order valence-electron chi connectivity index (χ0n) is 11.7. The fourth-order valence-electron chi connectivity index (χ4n) is 1.94. The van der Waals surface area contributed by atoms with Crippen molar-refractivity contribution in [2.45, 2.75) is 33.2 Å². The van der Waals surface area contributed by atoms with E-state index < -0.39 is 0 Å². The van der Waals surface area contributed by atoms with Crippen molar-refractivity contribution in [2.75, 3.05) is 11.9 Å². The number of hydrogen-bond acceptors (Lipinski definition) is 3. The minimum absolute atomic E-state index is 0.536. The summed E-state index contributed by atoms with van der Waals surface area (Å²) < 4.78 is 1.91.